The second-order valence-electron chi connectivity index (χ2n) is 12.4. The normalized spacial score (nSPS) is 16.8. The van der Waals surface area contributed by atoms with E-state index >= 15 is 4.39 Å². The van der Waals surface area contributed by atoms with E-state index in [4.69, 9.17) is 18.9 Å². The van der Waals surface area contributed by atoms with Crippen molar-refractivity contribution in [3.63, 3.8) is 0 Å². The number of aromatic nitrogens is 1. The minimum absolute atomic E-state index is 0.0734. The topological polar surface area (TPSA) is 102 Å². The molecule has 10 nitrogen and oxygen atoms in total. The summed E-state index contributed by atoms with van der Waals surface area (Å²) in [5.74, 6) is -0.131. The Labute approximate surface area is 299 Å². The third-order valence-electron chi connectivity index (χ3n) is 8.91. The van der Waals surface area contributed by atoms with E-state index in [2.05, 4.69) is 15.2 Å². The van der Waals surface area contributed by atoms with E-state index in [1.807, 2.05) is 0 Å². The maximum atomic E-state index is 15.4. The van der Waals surface area contributed by atoms with Crippen LogP contribution in [0, 0.1) is 11.6 Å². The van der Waals surface area contributed by atoms with Crippen LogP contribution in [0.4, 0.5) is 24.5 Å². The molecule has 13 heteroatoms. The van der Waals surface area contributed by atoms with Crippen LogP contribution in [0.3, 0.4) is 0 Å². The second-order valence-corrected chi connectivity index (χ2v) is 12.4. The average molecular weight is 717 g/mol. The number of carbonyl (C=O) groups excluding carboxylic acids is 2. The van der Waals surface area contributed by atoms with Gasteiger partial charge in [0.05, 0.1) is 31.4 Å². The van der Waals surface area contributed by atoms with Crippen molar-refractivity contribution in [2.75, 3.05) is 50.2 Å². The second kappa shape index (κ2) is 16.6. The molecule has 2 saturated heterocycles. The number of fused-ring (bicyclic) bond motifs is 1. The molecule has 272 valence electrons. The molecule has 0 spiro atoms. The molecule has 0 aliphatic carbocycles. The Morgan fingerprint density at radius 3 is 2.56 bits per heavy atom. The Hall–Kier alpha value is -5.56. The quantitative estimate of drug-likeness (QED) is 0.0854. The molecule has 3 aromatic carbocycles. The minimum Gasteiger partial charge on any atom is -0.493 e. The molecule has 2 aliphatic heterocycles. The summed E-state index contributed by atoms with van der Waals surface area (Å²) in [5, 5.41) is 3.26. The molecule has 6 rings (SSSR count). The van der Waals surface area contributed by atoms with Crippen LogP contribution < -0.4 is 24.4 Å². The van der Waals surface area contributed by atoms with Gasteiger partial charge in [-0.2, -0.15) is 0 Å². The SMILES string of the molecule is COc1cc2c(Oc3ccc(NC(=O)/C(C)=C4\OCC\C4=C\N(C=O)c4ccc(F)cc4)cc3F)ccnc2cc1OCCCN1CCC(F)CC1. The summed E-state index contributed by atoms with van der Waals surface area (Å²) in [5.41, 5.74) is 2.03. The van der Waals surface area contributed by atoms with Crippen molar-refractivity contribution < 1.29 is 41.7 Å². The fourth-order valence-electron chi connectivity index (χ4n) is 6.08. The predicted molar refractivity (Wildman–Crippen MR) is 190 cm³/mol. The highest BCUT2D eigenvalue weighted by Crippen LogP contribution is 2.38. The van der Waals surface area contributed by atoms with Gasteiger partial charge in [-0.1, -0.05) is 0 Å². The van der Waals surface area contributed by atoms with Gasteiger partial charge in [0.2, 0.25) is 6.41 Å². The van der Waals surface area contributed by atoms with Gasteiger partial charge in [-0.3, -0.25) is 19.5 Å². The van der Waals surface area contributed by atoms with Gasteiger partial charge in [0, 0.05) is 72.9 Å². The van der Waals surface area contributed by atoms with E-state index in [1.165, 1.54) is 48.4 Å². The summed E-state index contributed by atoms with van der Waals surface area (Å²) in [4.78, 5) is 32.9. The first-order valence-electron chi connectivity index (χ1n) is 17.0. The number of anilines is 2. The smallest absolute Gasteiger partial charge is 0.255 e. The van der Waals surface area contributed by atoms with Crippen molar-refractivity contribution in [3.05, 3.63) is 102 Å². The Bertz CT molecular complexity index is 1980. The van der Waals surface area contributed by atoms with Crippen LogP contribution in [0.25, 0.3) is 10.9 Å². The zero-order valence-corrected chi connectivity index (χ0v) is 28.9. The van der Waals surface area contributed by atoms with Crippen LogP contribution in [-0.4, -0.2) is 68.3 Å². The van der Waals surface area contributed by atoms with Gasteiger partial charge in [-0.15, -0.1) is 0 Å². The van der Waals surface area contributed by atoms with E-state index in [0.717, 1.165) is 32.1 Å². The van der Waals surface area contributed by atoms with Crippen LogP contribution in [0.15, 0.2) is 90.0 Å². The van der Waals surface area contributed by atoms with E-state index in [-0.39, 0.29) is 17.0 Å². The maximum Gasteiger partial charge on any atom is 0.255 e. The Morgan fingerprint density at radius 2 is 1.83 bits per heavy atom. The highest BCUT2D eigenvalue weighted by Gasteiger charge is 2.24. The molecule has 52 heavy (non-hydrogen) atoms. The van der Waals surface area contributed by atoms with Crippen LogP contribution in [0.1, 0.15) is 32.6 Å². The van der Waals surface area contributed by atoms with Gasteiger partial charge < -0.3 is 29.2 Å². The van der Waals surface area contributed by atoms with E-state index in [9.17, 15) is 18.4 Å². The zero-order valence-electron chi connectivity index (χ0n) is 28.9. The molecule has 0 saturated carbocycles. The number of ether oxygens (including phenoxy) is 4. The minimum atomic E-state index is -0.714. The van der Waals surface area contributed by atoms with Crippen LogP contribution in [0.5, 0.6) is 23.0 Å². The number of nitrogens with zero attached hydrogens (tertiary/aromatic N) is 3. The number of likely N-dealkylation sites (tertiary alicyclic amines) is 1. The monoisotopic (exact) mass is 716 g/mol. The number of carbonyl (C=O) groups is 2. The summed E-state index contributed by atoms with van der Waals surface area (Å²) < 4.78 is 65.5. The first-order chi connectivity index (χ1) is 25.2. The lowest BCUT2D eigenvalue weighted by atomic mass is 10.1. The number of nitrogens with one attached hydrogen (secondary N) is 1. The number of alkyl halides is 1. The Balaban J connectivity index is 1.11. The van der Waals surface area contributed by atoms with Gasteiger partial charge in [0.25, 0.3) is 5.91 Å². The molecule has 0 bridgehead atoms. The number of rotatable bonds is 13. The van der Waals surface area contributed by atoms with Crippen molar-refractivity contribution in [1.29, 1.82) is 0 Å². The van der Waals surface area contributed by atoms with Gasteiger partial charge >= 0.3 is 0 Å². The molecular formula is C39H39F3N4O6. The van der Waals surface area contributed by atoms with Crippen molar-refractivity contribution in [3.8, 4) is 23.0 Å². The fourth-order valence-corrected chi connectivity index (χ4v) is 6.08. The fraction of sp³-hybridized carbons (Fsp3) is 0.308. The molecule has 0 radical (unpaired) electrons. The first kappa shape index (κ1) is 36.2. The molecule has 1 N–H and O–H groups in total. The molecule has 1 aromatic heterocycles. The van der Waals surface area contributed by atoms with Crippen molar-refractivity contribution >= 4 is 34.6 Å². The zero-order chi connectivity index (χ0) is 36.6. The molecule has 0 unspecified atom stereocenters. The maximum absolute atomic E-state index is 15.4. The largest absolute Gasteiger partial charge is 0.493 e. The molecule has 4 aromatic rings. The van der Waals surface area contributed by atoms with Crippen molar-refractivity contribution in [1.82, 2.24) is 9.88 Å². The number of halogens is 3. The molecule has 2 aliphatic rings. The summed E-state index contributed by atoms with van der Waals surface area (Å²) in [7, 11) is 1.53. The molecular weight excluding hydrogens is 677 g/mol. The summed E-state index contributed by atoms with van der Waals surface area (Å²) in [6.45, 7) is 4.64. The number of pyridine rings is 1. The predicted octanol–water partition coefficient (Wildman–Crippen LogP) is 7.70. The van der Waals surface area contributed by atoms with Gasteiger partial charge in [0.15, 0.2) is 23.1 Å². The summed E-state index contributed by atoms with van der Waals surface area (Å²) >= 11 is 0. The molecule has 2 amide bonds. The molecule has 3 heterocycles. The summed E-state index contributed by atoms with van der Waals surface area (Å²) in [6.07, 6.45) is 5.32. The molecule has 2 fully saturated rings. The standard InChI is InChI=1S/C39H39F3N4O6/c1-25(38-26(13-19-51-38)23-46(24-47)30-7-4-27(40)5-8-30)39(48)44-29-6-9-35(32(42)20-29)52-34-10-14-43-33-22-37(36(49-2)21-31(33)34)50-18-3-15-45-16-11-28(41)12-17-45/h4-10,14,20-24,28H,3,11-13,15-19H2,1-2H3,(H,44,48)/b26-23-,38-25-. The number of piperidine rings is 1. The number of hydrogen-bond donors (Lipinski definition) is 1. The average Bonchev–Trinajstić information content (AvgIpc) is 3.62. The van der Waals surface area contributed by atoms with E-state index in [0.29, 0.717) is 84.1 Å². The number of amides is 2. The highest BCUT2D eigenvalue weighted by atomic mass is 19.1. The van der Waals surface area contributed by atoms with Crippen LogP contribution in [0.2, 0.25) is 0 Å². The number of hydrogen-bond acceptors (Lipinski definition) is 8. The first-order valence-corrected chi connectivity index (χ1v) is 17.0. The lowest BCUT2D eigenvalue weighted by molar-refractivity contribution is -0.113. The van der Waals surface area contributed by atoms with Gasteiger partial charge in [0.1, 0.15) is 23.5 Å². The van der Waals surface area contributed by atoms with Gasteiger partial charge in [-0.05, 0) is 74.7 Å². The van der Waals surface area contributed by atoms with Crippen molar-refractivity contribution in [2.45, 2.75) is 38.8 Å². The number of allylic oxidation sites excluding steroid dienone is 1. The number of methoxy groups -OCH3 is 1. The lowest BCUT2D eigenvalue weighted by Crippen LogP contribution is -2.35. The Morgan fingerprint density at radius 1 is 1.04 bits per heavy atom. The van der Waals surface area contributed by atoms with Crippen LogP contribution in [-0.2, 0) is 14.3 Å². The van der Waals surface area contributed by atoms with E-state index < -0.39 is 23.7 Å². The third-order valence-corrected chi connectivity index (χ3v) is 8.91. The van der Waals surface area contributed by atoms with Crippen LogP contribution >= 0.6 is 0 Å². The Kier molecular flexibility index (Phi) is 11.6. The molecule has 0 atom stereocenters. The third kappa shape index (κ3) is 8.65. The lowest BCUT2D eigenvalue weighted by Gasteiger charge is -2.28. The highest BCUT2D eigenvalue weighted by molar-refractivity contribution is 6.04. The summed E-state index contributed by atoms with van der Waals surface area (Å²) in [6, 6.07) is 14.6. The van der Waals surface area contributed by atoms with Gasteiger partial charge in [-0.25, -0.2) is 13.2 Å². The van der Waals surface area contributed by atoms with E-state index in [1.54, 1.807) is 37.5 Å². The number of benzene rings is 3. The van der Waals surface area contributed by atoms with Crippen molar-refractivity contribution in [2.24, 2.45) is 0 Å².